The molecular weight excluding hydrogens is 418 g/mol. The average Bonchev–Trinajstić information content (AvgIpc) is 3.27. The van der Waals surface area contributed by atoms with Crippen molar-refractivity contribution in [2.24, 2.45) is 0 Å². The number of esters is 1. The second-order valence-corrected chi connectivity index (χ2v) is 6.51. The van der Waals surface area contributed by atoms with Crippen LogP contribution in [0.15, 0.2) is 55.1 Å². The van der Waals surface area contributed by atoms with Crippen molar-refractivity contribution >= 4 is 23.0 Å². The lowest BCUT2D eigenvalue weighted by atomic mass is 10.0. The molecule has 166 valence electrons. The first kappa shape index (κ1) is 22.3. The lowest BCUT2D eigenvalue weighted by Gasteiger charge is -2.17. The van der Waals surface area contributed by atoms with Crippen molar-refractivity contribution in [3.63, 3.8) is 0 Å². The van der Waals surface area contributed by atoms with Crippen LogP contribution in [0, 0.1) is 0 Å². The zero-order valence-corrected chi connectivity index (χ0v) is 17.0. The molecule has 10 heteroatoms. The molecule has 0 bridgehead atoms. The Bertz CT molecular complexity index is 1170. The fraction of sp³-hybridized carbons (Fsp3) is 0.182. The highest BCUT2D eigenvalue weighted by molar-refractivity contribution is 5.95. The maximum absolute atomic E-state index is 11.1. The maximum atomic E-state index is 11.1. The van der Waals surface area contributed by atoms with Crippen LogP contribution in [0.4, 0.5) is 0 Å². The number of H-pyrrole nitrogens is 1. The van der Waals surface area contributed by atoms with Crippen LogP contribution in [0.5, 0.6) is 17.2 Å². The van der Waals surface area contributed by atoms with E-state index in [0.717, 1.165) is 6.08 Å². The first-order valence-electron chi connectivity index (χ1n) is 9.54. The van der Waals surface area contributed by atoms with E-state index in [9.17, 15) is 14.7 Å². The molecule has 10 nitrogen and oxygen atoms in total. The number of hydrogen-bond acceptors (Lipinski definition) is 8. The number of aromatic hydroxyl groups is 1. The summed E-state index contributed by atoms with van der Waals surface area (Å²) in [5, 5.41) is 30.7. The van der Waals surface area contributed by atoms with Crippen LogP contribution < -0.4 is 9.47 Å². The standard InChI is InChI=1S/C22H21N3O7/c1-3-18(26)32-12-11-31-17-8-7-16(30-10-9-13(2)22(28)29)19(21(17)27)14-5-4-6-15-20(14)24-25-23-15/h3-8,27H,1-2,9-12H2,(H,28,29)(H,23,24,25). The summed E-state index contributed by atoms with van der Waals surface area (Å²) in [6.07, 6.45) is 1.13. The Hall–Kier alpha value is -4.34. The van der Waals surface area contributed by atoms with Crippen molar-refractivity contribution in [3.05, 3.63) is 55.1 Å². The number of aromatic nitrogens is 3. The van der Waals surface area contributed by atoms with Crippen molar-refractivity contribution in [2.75, 3.05) is 19.8 Å². The summed E-state index contributed by atoms with van der Waals surface area (Å²) in [5.74, 6) is -1.47. The molecule has 0 saturated heterocycles. The largest absolute Gasteiger partial charge is 0.504 e. The van der Waals surface area contributed by atoms with Crippen LogP contribution in [-0.4, -0.2) is 57.4 Å². The van der Waals surface area contributed by atoms with Gasteiger partial charge in [0.05, 0.1) is 12.2 Å². The topological polar surface area (TPSA) is 144 Å². The monoisotopic (exact) mass is 439 g/mol. The minimum Gasteiger partial charge on any atom is -0.504 e. The smallest absolute Gasteiger partial charge is 0.331 e. The third-order valence-electron chi connectivity index (χ3n) is 4.43. The Kier molecular flexibility index (Phi) is 7.06. The van der Waals surface area contributed by atoms with E-state index in [-0.39, 0.29) is 43.3 Å². The zero-order chi connectivity index (χ0) is 23.1. The van der Waals surface area contributed by atoms with Gasteiger partial charge in [0.1, 0.15) is 30.0 Å². The molecule has 0 unspecified atom stereocenters. The number of hydrogen-bond donors (Lipinski definition) is 3. The number of nitrogens with one attached hydrogen (secondary N) is 1. The molecule has 1 heterocycles. The Balaban J connectivity index is 1.91. The molecule has 0 spiro atoms. The maximum Gasteiger partial charge on any atom is 0.331 e. The molecule has 0 amide bonds. The van der Waals surface area contributed by atoms with Crippen molar-refractivity contribution in [2.45, 2.75) is 6.42 Å². The highest BCUT2D eigenvalue weighted by Gasteiger charge is 2.20. The number of carboxylic acid groups (broad SMARTS) is 1. The predicted octanol–water partition coefficient (Wildman–Crippen LogP) is 2.85. The SMILES string of the molecule is C=CC(=O)OCCOc1ccc(OCCC(=C)C(=O)O)c(-c2cccc3n[nH]nc23)c1O. The van der Waals surface area contributed by atoms with E-state index < -0.39 is 11.9 Å². The number of benzene rings is 2. The van der Waals surface area contributed by atoms with Gasteiger partial charge in [0.2, 0.25) is 0 Å². The molecule has 3 rings (SSSR count). The number of carbonyl (C=O) groups excluding carboxylic acids is 1. The summed E-state index contributed by atoms with van der Waals surface area (Å²) < 4.78 is 16.2. The number of phenols is 1. The molecule has 0 aliphatic rings. The molecule has 2 aromatic carbocycles. The minimum atomic E-state index is -1.11. The number of aliphatic carboxylic acids is 1. The fourth-order valence-corrected chi connectivity index (χ4v) is 2.86. The van der Waals surface area contributed by atoms with Gasteiger partial charge in [-0.3, -0.25) is 0 Å². The van der Waals surface area contributed by atoms with E-state index in [1.165, 1.54) is 6.07 Å². The van der Waals surface area contributed by atoms with Crippen molar-refractivity contribution in [3.8, 4) is 28.4 Å². The summed E-state index contributed by atoms with van der Waals surface area (Å²) in [7, 11) is 0. The summed E-state index contributed by atoms with van der Waals surface area (Å²) >= 11 is 0. The van der Waals surface area contributed by atoms with Crippen LogP contribution in [0.2, 0.25) is 0 Å². The molecular formula is C22H21N3O7. The van der Waals surface area contributed by atoms with Crippen LogP contribution in [0.25, 0.3) is 22.2 Å². The Morgan fingerprint density at radius 2 is 1.81 bits per heavy atom. The first-order valence-corrected chi connectivity index (χ1v) is 9.54. The molecule has 32 heavy (non-hydrogen) atoms. The second kappa shape index (κ2) is 10.1. The Labute approximate surface area is 182 Å². The normalized spacial score (nSPS) is 10.5. The third-order valence-corrected chi connectivity index (χ3v) is 4.43. The summed E-state index contributed by atoms with van der Waals surface area (Å²) in [6.45, 7) is 6.79. The number of nitrogens with zero attached hydrogens (tertiary/aromatic N) is 2. The van der Waals surface area contributed by atoms with Crippen LogP contribution >= 0.6 is 0 Å². The molecule has 0 fully saturated rings. The van der Waals surface area contributed by atoms with Gasteiger partial charge in [0, 0.05) is 23.6 Å². The highest BCUT2D eigenvalue weighted by atomic mass is 16.6. The zero-order valence-electron chi connectivity index (χ0n) is 17.0. The summed E-state index contributed by atoms with van der Waals surface area (Å²) in [6, 6.07) is 8.32. The quantitative estimate of drug-likeness (QED) is 0.233. The summed E-state index contributed by atoms with van der Waals surface area (Å²) in [5.41, 5.74) is 1.91. The number of fused-ring (bicyclic) bond motifs is 1. The first-order chi connectivity index (χ1) is 15.4. The van der Waals surface area contributed by atoms with E-state index in [0.29, 0.717) is 27.9 Å². The second-order valence-electron chi connectivity index (χ2n) is 6.51. The number of carboxylic acids is 1. The minimum absolute atomic E-state index is 0.000615. The molecule has 3 aromatic rings. The molecule has 1 aromatic heterocycles. The van der Waals surface area contributed by atoms with Gasteiger partial charge in [-0.05, 0) is 18.2 Å². The van der Waals surface area contributed by atoms with Gasteiger partial charge >= 0.3 is 11.9 Å². The van der Waals surface area contributed by atoms with E-state index >= 15 is 0 Å². The van der Waals surface area contributed by atoms with Gasteiger partial charge < -0.3 is 24.4 Å². The van der Waals surface area contributed by atoms with Gasteiger partial charge in [0.15, 0.2) is 11.5 Å². The Morgan fingerprint density at radius 1 is 1.06 bits per heavy atom. The molecule has 0 radical (unpaired) electrons. The van der Waals surface area contributed by atoms with Gasteiger partial charge in [-0.25, -0.2) is 9.59 Å². The fourth-order valence-electron chi connectivity index (χ4n) is 2.86. The van der Waals surface area contributed by atoms with E-state index in [4.69, 9.17) is 19.3 Å². The lowest BCUT2D eigenvalue weighted by Crippen LogP contribution is -2.10. The number of carbonyl (C=O) groups is 2. The number of aromatic amines is 1. The molecule has 0 saturated carbocycles. The Morgan fingerprint density at radius 3 is 2.56 bits per heavy atom. The number of rotatable bonds is 11. The van der Waals surface area contributed by atoms with Gasteiger partial charge in [0.25, 0.3) is 0 Å². The van der Waals surface area contributed by atoms with Gasteiger partial charge in [-0.2, -0.15) is 15.4 Å². The van der Waals surface area contributed by atoms with E-state index in [2.05, 4.69) is 28.6 Å². The van der Waals surface area contributed by atoms with Crippen LogP contribution in [0.1, 0.15) is 6.42 Å². The van der Waals surface area contributed by atoms with Crippen LogP contribution in [0.3, 0.4) is 0 Å². The van der Waals surface area contributed by atoms with Crippen molar-refractivity contribution in [1.82, 2.24) is 15.4 Å². The third kappa shape index (κ3) is 5.04. The predicted molar refractivity (Wildman–Crippen MR) is 115 cm³/mol. The average molecular weight is 439 g/mol. The van der Waals surface area contributed by atoms with E-state index in [1.807, 2.05) is 0 Å². The number of ether oxygens (including phenoxy) is 3. The number of phenolic OH excluding ortho intramolecular Hbond substituents is 1. The molecule has 3 N–H and O–H groups in total. The van der Waals surface area contributed by atoms with Gasteiger partial charge in [-0.1, -0.05) is 25.3 Å². The summed E-state index contributed by atoms with van der Waals surface area (Å²) in [4.78, 5) is 22.1. The molecule has 0 aliphatic carbocycles. The lowest BCUT2D eigenvalue weighted by molar-refractivity contribution is -0.138. The molecule has 0 aliphatic heterocycles. The van der Waals surface area contributed by atoms with E-state index in [1.54, 1.807) is 24.3 Å². The van der Waals surface area contributed by atoms with Gasteiger partial charge in [-0.15, -0.1) is 0 Å². The van der Waals surface area contributed by atoms with Crippen molar-refractivity contribution in [1.29, 1.82) is 0 Å². The highest BCUT2D eigenvalue weighted by Crippen LogP contribution is 2.45. The number of para-hydroxylation sites is 1. The molecule has 0 atom stereocenters. The van der Waals surface area contributed by atoms with Crippen molar-refractivity contribution < 1.29 is 34.0 Å². The van der Waals surface area contributed by atoms with Crippen LogP contribution in [-0.2, 0) is 14.3 Å².